The Kier molecular flexibility index (Phi) is 7.90. The number of nitrogens with two attached hydrogens (primary N) is 1. The minimum absolute atomic E-state index is 0.130. The highest BCUT2D eigenvalue weighted by molar-refractivity contribution is 6.04. The van der Waals surface area contributed by atoms with Gasteiger partial charge in [0, 0.05) is 17.3 Å². The van der Waals surface area contributed by atoms with Crippen LogP contribution in [0.15, 0.2) is 55.4 Å². The number of nitrogens with one attached hydrogen (secondary N) is 1. The molecule has 4 aromatic rings. The number of benzene rings is 1. The molecule has 2 amide bonds. The zero-order valence-electron chi connectivity index (χ0n) is 23.2. The molecule has 0 unspecified atom stereocenters. The van der Waals surface area contributed by atoms with Crippen molar-refractivity contribution in [3.05, 3.63) is 78.0 Å². The van der Waals surface area contributed by atoms with E-state index in [1.54, 1.807) is 27.5 Å². The van der Waals surface area contributed by atoms with Crippen LogP contribution in [-0.4, -0.2) is 66.5 Å². The van der Waals surface area contributed by atoms with Crippen LogP contribution in [0.4, 0.5) is 24.8 Å². The Bertz CT molecular complexity index is 1700. The van der Waals surface area contributed by atoms with Crippen molar-refractivity contribution in [2.75, 3.05) is 24.2 Å². The van der Waals surface area contributed by atoms with Crippen molar-refractivity contribution in [2.45, 2.75) is 38.3 Å². The van der Waals surface area contributed by atoms with E-state index in [1.165, 1.54) is 25.3 Å². The fraction of sp³-hybridized carbons (Fsp3) is 0.276. The van der Waals surface area contributed by atoms with Gasteiger partial charge in [-0.05, 0) is 44.2 Å². The number of nitrogens with zero attached hydrogens (tertiary/aromatic N) is 5. The van der Waals surface area contributed by atoms with Gasteiger partial charge in [0.25, 0.3) is 11.8 Å². The molecule has 43 heavy (non-hydrogen) atoms. The van der Waals surface area contributed by atoms with Crippen molar-refractivity contribution in [3.8, 4) is 11.3 Å². The number of aromatic nitrogens is 4. The first-order valence-corrected chi connectivity index (χ1v) is 13.2. The van der Waals surface area contributed by atoms with Gasteiger partial charge in [0.2, 0.25) is 0 Å². The van der Waals surface area contributed by atoms with E-state index in [9.17, 15) is 27.9 Å². The standard InChI is InChI=1S/C29H28F3N7O4/c1-4-20-12-35-25(33)24-23(37-26(39(20)24)21-13-38(15(2)14-43-21)28(42)16(3)40)17-5-7-18(8-6-17)27(41)36-22-11-19(9-10-34-22)29(30,31)32/h4-12,15-16,21,40H,1,13-14H2,2-3H3,(H2,33,35)(H,34,36,41)/t15-,16-,21+/m0/s1. The third-order valence-corrected chi connectivity index (χ3v) is 7.06. The molecule has 224 valence electrons. The molecule has 11 nitrogen and oxygen atoms in total. The average molecular weight is 596 g/mol. The van der Waals surface area contributed by atoms with Gasteiger partial charge in [-0.15, -0.1) is 0 Å². The summed E-state index contributed by atoms with van der Waals surface area (Å²) in [7, 11) is 0. The maximum atomic E-state index is 13.0. The number of alkyl halides is 3. The number of aliphatic hydroxyl groups is 1. The molecular formula is C29H28F3N7O4. The molecule has 4 N–H and O–H groups in total. The molecule has 0 saturated carbocycles. The molecule has 1 saturated heterocycles. The summed E-state index contributed by atoms with van der Waals surface area (Å²) in [5.74, 6) is -0.730. The van der Waals surface area contributed by atoms with Gasteiger partial charge >= 0.3 is 6.18 Å². The van der Waals surface area contributed by atoms with Crippen LogP contribution in [0.2, 0.25) is 0 Å². The number of hydrogen-bond donors (Lipinski definition) is 3. The van der Waals surface area contributed by atoms with Gasteiger partial charge in [-0.25, -0.2) is 15.0 Å². The number of halogens is 3. The molecule has 3 atom stereocenters. The molecule has 3 aromatic heterocycles. The fourth-order valence-corrected chi connectivity index (χ4v) is 4.85. The minimum Gasteiger partial charge on any atom is -0.384 e. The van der Waals surface area contributed by atoms with Gasteiger partial charge < -0.3 is 25.8 Å². The van der Waals surface area contributed by atoms with Crippen LogP contribution in [0.5, 0.6) is 0 Å². The van der Waals surface area contributed by atoms with Crippen LogP contribution in [-0.2, 0) is 15.7 Å². The van der Waals surface area contributed by atoms with Crippen molar-refractivity contribution < 1.29 is 32.6 Å². The average Bonchev–Trinajstić information content (AvgIpc) is 3.39. The SMILES string of the molecule is C=Cc1cnc(N)c2c(-c3ccc(C(=O)Nc4cc(C(F)(F)F)ccn4)cc3)nc([C@H]3CN(C(=O)[C@H](C)O)[C@@H](C)CO3)n12. The molecule has 0 bridgehead atoms. The number of pyridine rings is 1. The Labute approximate surface area is 243 Å². The summed E-state index contributed by atoms with van der Waals surface area (Å²) in [6.45, 7) is 7.43. The summed E-state index contributed by atoms with van der Waals surface area (Å²) in [5.41, 5.74) is 7.55. The van der Waals surface area contributed by atoms with Gasteiger partial charge in [-0.1, -0.05) is 18.7 Å². The van der Waals surface area contributed by atoms with Gasteiger partial charge in [0.05, 0.1) is 36.6 Å². The van der Waals surface area contributed by atoms with Gasteiger partial charge in [-0.2, -0.15) is 13.2 Å². The third-order valence-electron chi connectivity index (χ3n) is 7.06. The molecule has 14 heteroatoms. The predicted molar refractivity (Wildman–Crippen MR) is 152 cm³/mol. The van der Waals surface area contributed by atoms with E-state index < -0.39 is 35.8 Å². The van der Waals surface area contributed by atoms with Crippen LogP contribution in [0.25, 0.3) is 22.9 Å². The second kappa shape index (κ2) is 11.5. The maximum Gasteiger partial charge on any atom is 0.416 e. The summed E-state index contributed by atoms with van der Waals surface area (Å²) >= 11 is 0. The Morgan fingerprint density at radius 2 is 1.95 bits per heavy atom. The Morgan fingerprint density at radius 1 is 1.23 bits per heavy atom. The summed E-state index contributed by atoms with van der Waals surface area (Å²) < 4.78 is 47.0. The van der Waals surface area contributed by atoms with E-state index in [-0.39, 0.29) is 36.4 Å². The number of amides is 2. The lowest BCUT2D eigenvalue weighted by molar-refractivity contribution is -0.152. The first kappa shape index (κ1) is 29.7. The van der Waals surface area contributed by atoms with E-state index in [4.69, 9.17) is 15.5 Å². The number of morpholine rings is 1. The largest absolute Gasteiger partial charge is 0.416 e. The van der Waals surface area contributed by atoms with Gasteiger partial charge in [0.1, 0.15) is 40.9 Å². The number of nitrogen functional groups attached to an aromatic ring is 1. The van der Waals surface area contributed by atoms with Crippen LogP contribution in [0, 0.1) is 0 Å². The molecule has 0 aliphatic carbocycles. The third kappa shape index (κ3) is 5.79. The van der Waals surface area contributed by atoms with Crippen LogP contribution in [0.3, 0.4) is 0 Å². The summed E-state index contributed by atoms with van der Waals surface area (Å²) in [5, 5.41) is 12.3. The summed E-state index contributed by atoms with van der Waals surface area (Å²) in [4.78, 5) is 39.9. The number of carbonyl (C=O) groups is 2. The lowest BCUT2D eigenvalue weighted by atomic mass is 10.1. The van der Waals surface area contributed by atoms with Gasteiger partial charge in [0.15, 0.2) is 0 Å². The number of anilines is 2. The van der Waals surface area contributed by atoms with Crippen molar-refractivity contribution in [3.63, 3.8) is 0 Å². The predicted octanol–water partition coefficient (Wildman–Crippen LogP) is 3.96. The Morgan fingerprint density at radius 3 is 2.60 bits per heavy atom. The number of rotatable bonds is 6. The molecule has 1 aromatic carbocycles. The second-order valence-corrected chi connectivity index (χ2v) is 10.1. The van der Waals surface area contributed by atoms with E-state index in [1.807, 2.05) is 6.92 Å². The highest BCUT2D eigenvalue weighted by Crippen LogP contribution is 2.35. The highest BCUT2D eigenvalue weighted by atomic mass is 19.4. The quantitative estimate of drug-likeness (QED) is 0.304. The molecule has 4 heterocycles. The monoisotopic (exact) mass is 595 g/mol. The van der Waals surface area contributed by atoms with Crippen molar-refractivity contribution in [2.24, 2.45) is 0 Å². The molecule has 1 fully saturated rings. The van der Waals surface area contributed by atoms with Crippen molar-refractivity contribution >= 4 is 35.0 Å². The first-order valence-electron chi connectivity index (χ1n) is 13.2. The minimum atomic E-state index is -4.58. The number of imidazole rings is 1. The fourth-order valence-electron chi connectivity index (χ4n) is 4.85. The molecule has 0 spiro atoms. The van der Waals surface area contributed by atoms with Gasteiger partial charge in [-0.3, -0.25) is 14.0 Å². The zero-order valence-corrected chi connectivity index (χ0v) is 23.2. The first-order chi connectivity index (χ1) is 20.4. The van der Waals surface area contributed by atoms with E-state index in [0.29, 0.717) is 28.3 Å². The van der Waals surface area contributed by atoms with E-state index in [0.717, 1.165) is 18.3 Å². The molecule has 0 radical (unpaired) electrons. The summed E-state index contributed by atoms with van der Waals surface area (Å²) in [6, 6.07) is 7.52. The number of hydrogen-bond acceptors (Lipinski definition) is 8. The number of ether oxygens (including phenoxy) is 1. The maximum absolute atomic E-state index is 13.0. The second-order valence-electron chi connectivity index (χ2n) is 10.1. The lowest BCUT2D eigenvalue weighted by Crippen LogP contribution is -2.51. The van der Waals surface area contributed by atoms with E-state index >= 15 is 0 Å². The van der Waals surface area contributed by atoms with Crippen molar-refractivity contribution in [1.29, 1.82) is 0 Å². The molecule has 1 aliphatic heterocycles. The van der Waals surface area contributed by atoms with E-state index in [2.05, 4.69) is 21.9 Å². The Balaban J connectivity index is 1.49. The normalized spacial score (nSPS) is 18.0. The van der Waals surface area contributed by atoms with Crippen molar-refractivity contribution in [1.82, 2.24) is 24.3 Å². The number of carbonyl (C=O) groups excluding carboxylic acids is 2. The number of aliphatic hydroxyl groups excluding tert-OH is 1. The van der Waals surface area contributed by atoms with Crippen LogP contribution in [0.1, 0.15) is 47.4 Å². The highest BCUT2D eigenvalue weighted by Gasteiger charge is 2.35. The topological polar surface area (TPSA) is 148 Å². The lowest BCUT2D eigenvalue weighted by Gasteiger charge is -2.38. The molecule has 1 aliphatic rings. The smallest absolute Gasteiger partial charge is 0.384 e. The summed E-state index contributed by atoms with van der Waals surface area (Å²) in [6.07, 6.45) is -2.36. The van der Waals surface area contributed by atoms with Crippen LogP contribution >= 0.6 is 0 Å². The number of fused-ring (bicyclic) bond motifs is 1. The zero-order chi connectivity index (χ0) is 31.1. The molecular weight excluding hydrogens is 567 g/mol. The van der Waals surface area contributed by atoms with Crippen LogP contribution < -0.4 is 11.1 Å². The molecule has 5 rings (SSSR count). The Hall–Kier alpha value is -4.82.